The van der Waals surface area contributed by atoms with E-state index in [9.17, 15) is 0 Å². The van der Waals surface area contributed by atoms with E-state index >= 15 is 0 Å². The molecule has 3 heteroatoms. The van der Waals surface area contributed by atoms with Gasteiger partial charge in [-0.25, -0.2) is 0 Å². The zero-order valence-electron chi connectivity index (χ0n) is 7.29. The van der Waals surface area contributed by atoms with Crippen LogP contribution in [0.5, 0.6) is 5.75 Å². The third kappa shape index (κ3) is 2.23. The van der Waals surface area contributed by atoms with Gasteiger partial charge in [0.05, 0.1) is 4.47 Å². The van der Waals surface area contributed by atoms with E-state index in [-0.39, 0.29) is 0 Å². The van der Waals surface area contributed by atoms with Gasteiger partial charge in [0.2, 0.25) is 0 Å². The van der Waals surface area contributed by atoms with Crippen molar-refractivity contribution in [1.29, 1.82) is 0 Å². The lowest BCUT2D eigenvalue weighted by Crippen LogP contribution is -2.46. The molecule has 0 amide bonds. The van der Waals surface area contributed by atoms with E-state index in [1.807, 2.05) is 24.3 Å². The summed E-state index contributed by atoms with van der Waals surface area (Å²) in [5.41, 5.74) is 0. The summed E-state index contributed by atoms with van der Waals surface area (Å²) in [6.07, 6.45) is 1.23. The van der Waals surface area contributed by atoms with Crippen LogP contribution in [0.1, 0.15) is 6.42 Å². The van der Waals surface area contributed by atoms with Gasteiger partial charge in [0.25, 0.3) is 0 Å². The minimum absolute atomic E-state index is 0.548. The van der Waals surface area contributed by atoms with Gasteiger partial charge in [-0.05, 0) is 41.0 Å². The average Bonchev–Trinajstić information content (AvgIpc) is 2.05. The molecule has 1 aromatic rings. The number of hydrogen-bond acceptors (Lipinski definition) is 2. The van der Waals surface area contributed by atoms with Crippen molar-refractivity contribution in [2.75, 3.05) is 13.2 Å². The van der Waals surface area contributed by atoms with Gasteiger partial charge in [-0.15, -0.1) is 0 Å². The number of benzene rings is 1. The predicted molar refractivity (Wildman–Crippen MR) is 56.0 cm³/mol. The predicted octanol–water partition coefficient (Wildman–Crippen LogP) is 2.19. The SMILES string of the molecule is Brc1ccccc1OCC1CCN1. The van der Waals surface area contributed by atoms with Crippen LogP contribution in [0, 0.1) is 0 Å². The molecule has 1 unspecified atom stereocenters. The lowest BCUT2D eigenvalue weighted by atomic mass is 10.1. The molecule has 0 radical (unpaired) electrons. The molecular formula is C10H12BrNO. The van der Waals surface area contributed by atoms with Crippen LogP contribution in [0.2, 0.25) is 0 Å². The fourth-order valence-corrected chi connectivity index (χ4v) is 1.64. The average molecular weight is 242 g/mol. The second kappa shape index (κ2) is 4.11. The van der Waals surface area contributed by atoms with Gasteiger partial charge >= 0.3 is 0 Å². The van der Waals surface area contributed by atoms with E-state index in [4.69, 9.17) is 4.74 Å². The summed E-state index contributed by atoms with van der Waals surface area (Å²) in [4.78, 5) is 0. The fourth-order valence-electron chi connectivity index (χ4n) is 1.24. The molecule has 1 fully saturated rings. The van der Waals surface area contributed by atoms with E-state index < -0.39 is 0 Å². The minimum atomic E-state index is 0.548. The monoisotopic (exact) mass is 241 g/mol. The summed E-state index contributed by atoms with van der Waals surface area (Å²) in [6.45, 7) is 1.90. The molecule has 0 aromatic heterocycles. The Hall–Kier alpha value is -0.540. The quantitative estimate of drug-likeness (QED) is 0.877. The molecule has 1 N–H and O–H groups in total. The Morgan fingerprint density at radius 2 is 2.23 bits per heavy atom. The number of hydrogen-bond donors (Lipinski definition) is 1. The van der Waals surface area contributed by atoms with Gasteiger partial charge in [0.15, 0.2) is 0 Å². The van der Waals surface area contributed by atoms with Crippen LogP contribution < -0.4 is 10.1 Å². The Kier molecular flexibility index (Phi) is 2.86. The van der Waals surface area contributed by atoms with Crippen molar-refractivity contribution in [1.82, 2.24) is 5.32 Å². The zero-order valence-corrected chi connectivity index (χ0v) is 8.88. The molecule has 1 atom stereocenters. The van der Waals surface area contributed by atoms with Crippen LogP contribution in [0.3, 0.4) is 0 Å². The van der Waals surface area contributed by atoms with Crippen LogP contribution in [-0.2, 0) is 0 Å². The highest BCUT2D eigenvalue weighted by atomic mass is 79.9. The number of nitrogens with one attached hydrogen (secondary N) is 1. The van der Waals surface area contributed by atoms with Gasteiger partial charge in [-0.3, -0.25) is 0 Å². The van der Waals surface area contributed by atoms with Crippen molar-refractivity contribution in [2.24, 2.45) is 0 Å². The van der Waals surface area contributed by atoms with E-state index in [1.54, 1.807) is 0 Å². The van der Waals surface area contributed by atoms with Crippen LogP contribution in [-0.4, -0.2) is 19.2 Å². The molecule has 0 saturated carbocycles. The summed E-state index contributed by atoms with van der Waals surface area (Å²) in [7, 11) is 0. The number of halogens is 1. The number of para-hydroxylation sites is 1. The van der Waals surface area contributed by atoms with Crippen molar-refractivity contribution in [3.05, 3.63) is 28.7 Å². The Balaban J connectivity index is 1.89. The van der Waals surface area contributed by atoms with Gasteiger partial charge < -0.3 is 10.1 Å². The maximum absolute atomic E-state index is 5.63. The highest BCUT2D eigenvalue weighted by Gasteiger charge is 2.16. The molecule has 0 spiro atoms. The second-order valence-electron chi connectivity index (χ2n) is 3.18. The lowest BCUT2D eigenvalue weighted by molar-refractivity contribution is 0.216. The molecule has 1 aliphatic heterocycles. The number of rotatable bonds is 3. The Morgan fingerprint density at radius 1 is 1.46 bits per heavy atom. The Bertz CT molecular complexity index is 286. The van der Waals surface area contributed by atoms with Crippen LogP contribution in [0.4, 0.5) is 0 Å². The Labute approximate surface area is 86.4 Å². The maximum Gasteiger partial charge on any atom is 0.133 e. The highest BCUT2D eigenvalue weighted by molar-refractivity contribution is 9.10. The van der Waals surface area contributed by atoms with Crippen molar-refractivity contribution in [2.45, 2.75) is 12.5 Å². The molecule has 13 heavy (non-hydrogen) atoms. The summed E-state index contributed by atoms with van der Waals surface area (Å²) >= 11 is 3.44. The highest BCUT2D eigenvalue weighted by Crippen LogP contribution is 2.24. The molecular weight excluding hydrogens is 230 g/mol. The van der Waals surface area contributed by atoms with Crippen LogP contribution >= 0.6 is 15.9 Å². The van der Waals surface area contributed by atoms with E-state index in [2.05, 4.69) is 21.2 Å². The summed E-state index contributed by atoms with van der Waals surface area (Å²) in [5.74, 6) is 0.927. The van der Waals surface area contributed by atoms with Gasteiger partial charge in [-0.1, -0.05) is 12.1 Å². The minimum Gasteiger partial charge on any atom is -0.491 e. The summed E-state index contributed by atoms with van der Waals surface area (Å²) in [5, 5.41) is 3.29. The molecule has 0 aliphatic carbocycles. The molecule has 1 aliphatic rings. The van der Waals surface area contributed by atoms with Gasteiger partial charge in [-0.2, -0.15) is 0 Å². The van der Waals surface area contributed by atoms with Crippen LogP contribution in [0.15, 0.2) is 28.7 Å². The first-order valence-electron chi connectivity index (χ1n) is 4.47. The molecule has 0 bridgehead atoms. The maximum atomic E-state index is 5.63. The van der Waals surface area contributed by atoms with Gasteiger partial charge in [0, 0.05) is 6.04 Å². The number of ether oxygens (including phenoxy) is 1. The first kappa shape index (κ1) is 9.03. The standard InChI is InChI=1S/C10H12BrNO/c11-9-3-1-2-4-10(9)13-7-8-5-6-12-8/h1-4,8,12H,5-7H2. The van der Waals surface area contributed by atoms with Crippen molar-refractivity contribution >= 4 is 15.9 Å². The first-order valence-corrected chi connectivity index (χ1v) is 5.26. The van der Waals surface area contributed by atoms with E-state index in [0.717, 1.165) is 23.4 Å². The lowest BCUT2D eigenvalue weighted by Gasteiger charge is -2.27. The van der Waals surface area contributed by atoms with Gasteiger partial charge in [0.1, 0.15) is 12.4 Å². The smallest absolute Gasteiger partial charge is 0.133 e. The topological polar surface area (TPSA) is 21.3 Å². The zero-order chi connectivity index (χ0) is 9.10. The Morgan fingerprint density at radius 3 is 2.85 bits per heavy atom. The van der Waals surface area contributed by atoms with E-state index in [1.165, 1.54) is 6.42 Å². The fraction of sp³-hybridized carbons (Fsp3) is 0.400. The van der Waals surface area contributed by atoms with Crippen molar-refractivity contribution in [3.63, 3.8) is 0 Å². The van der Waals surface area contributed by atoms with Crippen molar-refractivity contribution < 1.29 is 4.74 Å². The van der Waals surface area contributed by atoms with Crippen LogP contribution in [0.25, 0.3) is 0 Å². The summed E-state index contributed by atoms with van der Waals surface area (Å²) in [6, 6.07) is 8.48. The summed E-state index contributed by atoms with van der Waals surface area (Å²) < 4.78 is 6.65. The first-order chi connectivity index (χ1) is 6.36. The third-order valence-corrected chi connectivity index (χ3v) is 2.86. The molecule has 70 valence electrons. The molecule has 2 nitrogen and oxygen atoms in total. The molecule has 2 rings (SSSR count). The van der Waals surface area contributed by atoms with E-state index in [0.29, 0.717) is 6.04 Å². The largest absolute Gasteiger partial charge is 0.491 e. The second-order valence-corrected chi connectivity index (χ2v) is 4.04. The molecule has 1 heterocycles. The van der Waals surface area contributed by atoms with Crippen molar-refractivity contribution in [3.8, 4) is 5.75 Å². The molecule has 1 saturated heterocycles. The third-order valence-electron chi connectivity index (χ3n) is 2.20. The normalized spacial score (nSPS) is 20.8. The molecule has 1 aromatic carbocycles.